The number of benzene rings is 2. The van der Waals surface area contributed by atoms with Crippen LogP contribution in [0.5, 0.6) is 28.7 Å². The van der Waals surface area contributed by atoms with Crippen molar-refractivity contribution in [3.05, 3.63) is 42.0 Å². The first-order chi connectivity index (χ1) is 10.5. The lowest BCUT2D eigenvalue weighted by Crippen LogP contribution is -1.97. The van der Waals surface area contributed by atoms with E-state index < -0.39 is 0 Å². The van der Waals surface area contributed by atoms with E-state index in [0.717, 1.165) is 12.0 Å². The molecule has 5 heteroatoms. The average molecular weight is 304 g/mol. The van der Waals surface area contributed by atoms with Crippen LogP contribution in [0.3, 0.4) is 0 Å². The van der Waals surface area contributed by atoms with Gasteiger partial charge in [-0.15, -0.1) is 0 Å². The van der Waals surface area contributed by atoms with Crippen molar-refractivity contribution in [1.82, 2.24) is 0 Å². The van der Waals surface area contributed by atoms with Crippen LogP contribution in [-0.2, 0) is 4.89 Å². The minimum atomic E-state index is -0.300. The van der Waals surface area contributed by atoms with Crippen LogP contribution < -0.4 is 9.62 Å². The maximum Gasteiger partial charge on any atom is 0.201 e. The quantitative estimate of drug-likeness (QED) is 0.472. The van der Waals surface area contributed by atoms with Gasteiger partial charge in [-0.1, -0.05) is 19.9 Å². The van der Waals surface area contributed by atoms with Gasteiger partial charge < -0.3 is 19.8 Å². The molecule has 0 heterocycles. The number of phenols is 2. The number of hydrogen-bond acceptors (Lipinski definition) is 5. The molecule has 5 nitrogen and oxygen atoms in total. The molecule has 118 valence electrons. The van der Waals surface area contributed by atoms with Crippen molar-refractivity contribution in [2.45, 2.75) is 26.2 Å². The van der Waals surface area contributed by atoms with Crippen LogP contribution in [-0.4, -0.2) is 17.3 Å². The molecule has 1 atom stereocenters. The van der Waals surface area contributed by atoms with E-state index >= 15 is 0 Å². The molecule has 1 unspecified atom stereocenters. The molecular formula is C17H20O5. The Hall–Kier alpha value is -2.40. The van der Waals surface area contributed by atoms with E-state index in [4.69, 9.17) is 14.5 Å². The SMILES string of the molecule is CCC(C)c1cc(OOC)cc(Oc2cccc(O)c2O)c1. The topological polar surface area (TPSA) is 68.2 Å². The van der Waals surface area contributed by atoms with E-state index in [1.807, 2.05) is 12.1 Å². The summed E-state index contributed by atoms with van der Waals surface area (Å²) in [4.78, 5) is 9.78. The van der Waals surface area contributed by atoms with Gasteiger partial charge in [0.25, 0.3) is 0 Å². The Balaban J connectivity index is 2.36. The van der Waals surface area contributed by atoms with Gasteiger partial charge in [0.05, 0.1) is 7.11 Å². The fraction of sp³-hybridized carbons (Fsp3) is 0.294. The summed E-state index contributed by atoms with van der Waals surface area (Å²) in [5.41, 5.74) is 1.03. The summed E-state index contributed by atoms with van der Waals surface area (Å²) in [5, 5.41) is 19.3. The molecule has 2 aromatic rings. The lowest BCUT2D eigenvalue weighted by molar-refractivity contribution is -0.178. The normalized spacial score (nSPS) is 12.0. The lowest BCUT2D eigenvalue weighted by Gasteiger charge is -2.14. The maximum atomic E-state index is 9.83. The lowest BCUT2D eigenvalue weighted by atomic mass is 9.98. The van der Waals surface area contributed by atoms with Crippen molar-refractivity contribution >= 4 is 0 Å². The standard InChI is InChI=1S/C17H20O5/c1-4-11(2)12-8-13(10-14(9-12)22-20-3)21-16-7-5-6-15(18)17(16)19/h5-11,18-19H,4H2,1-3H3. The summed E-state index contributed by atoms with van der Waals surface area (Å²) < 4.78 is 5.67. The Bertz CT molecular complexity index is 639. The average Bonchev–Trinajstić information content (AvgIpc) is 2.51. The number of hydrogen-bond donors (Lipinski definition) is 2. The van der Waals surface area contributed by atoms with Crippen molar-refractivity contribution < 1.29 is 24.7 Å². The third-order valence-corrected chi connectivity index (χ3v) is 3.47. The number of para-hydroxylation sites is 1. The fourth-order valence-electron chi connectivity index (χ4n) is 2.04. The molecule has 0 spiro atoms. The van der Waals surface area contributed by atoms with Crippen LogP contribution in [0.2, 0.25) is 0 Å². The third-order valence-electron chi connectivity index (χ3n) is 3.47. The minimum absolute atomic E-state index is 0.171. The summed E-state index contributed by atoms with van der Waals surface area (Å²) in [5.74, 6) is 0.959. The van der Waals surface area contributed by atoms with Crippen molar-refractivity contribution in [3.63, 3.8) is 0 Å². The zero-order valence-corrected chi connectivity index (χ0v) is 12.9. The van der Waals surface area contributed by atoms with Gasteiger partial charge in [-0.05, 0) is 42.2 Å². The molecule has 0 fully saturated rings. The highest BCUT2D eigenvalue weighted by Gasteiger charge is 2.12. The highest BCUT2D eigenvalue weighted by atomic mass is 17.2. The molecule has 0 saturated carbocycles. The van der Waals surface area contributed by atoms with E-state index in [1.165, 1.54) is 13.2 Å². The second kappa shape index (κ2) is 7.04. The largest absolute Gasteiger partial charge is 0.504 e. The Morgan fingerprint density at radius 3 is 2.50 bits per heavy atom. The van der Waals surface area contributed by atoms with Gasteiger partial charge in [-0.2, -0.15) is 4.89 Å². The van der Waals surface area contributed by atoms with E-state index in [1.54, 1.807) is 18.2 Å². The molecule has 0 aliphatic heterocycles. The van der Waals surface area contributed by atoms with Crippen LogP contribution in [0.15, 0.2) is 36.4 Å². The molecular weight excluding hydrogens is 284 g/mol. The van der Waals surface area contributed by atoms with Crippen LogP contribution >= 0.6 is 0 Å². The summed E-state index contributed by atoms with van der Waals surface area (Å²) in [7, 11) is 1.43. The van der Waals surface area contributed by atoms with E-state index in [-0.39, 0.29) is 17.2 Å². The van der Waals surface area contributed by atoms with E-state index in [2.05, 4.69) is 13.8 Å². The molecule has 0 aromatic heterocycles. The second-order valence-corrected chi connectivity index (χ2v) is 5.02. The van der Waals surface area contributed by atoms with Crippen LogP contribution in [0, 0.1) is 0 Å². The Morgan fingerprint density at radius 1 is 1.09 bits per heavy atom. The van der Waals surface area contributed by atoms with Crippen molar-refractivity contribution in [1.29, 1.82) is 0 Å². The Kier molecular flexibility index (Phi) is 5.12. The number of rotatable bonds is 6. The predicted octanol–water partition coefficient (Wildman–Crippen LogP) is 4.34. The molecule has 0 aliphatic carbocycles. The maximum absolute atomic E-state index is 9.83. The highest BCUT2D eigenvalue weighted by Crippen LogP contribution is 2.39. The molecule has 0 bridgehead atoms. The molecule has 0 saturated heterocycles. The van der Waals surface area contributed by atoms with Crippen LogP contribution in [0.25, 0.3) is 0 Å². The first kappa shape index (κ1) is 16.0. The van der Waals surface area contributed by atoms with Crippen LogP contribution in [0.4, 0.5) is 0 Å². The molecule has 2 aromatic carbocycles. The van der Waals surface area contributed by atoms with Crippen LogP contribution in [0.1, 0.15) is 31.7 Å². The zero-order chi connectivity index (χ0) is 16.1. The van der Waals surface area contributed by atoms with E-state index in [0.29, 0.717) is 17.4 Å². The first-order valence-electron chi connectivity index (χ1n) is 7.09. The fourth-order valence-corrected chi connectivity index (χ4v) is 2.04. The van der Waals surface area contributed by atoms with Crippen molar-refractivity contribution in [2.24, 2.45) is 0 Å². The van der Waals surface area contributed by atoms with Gasteiger partial charge in [-0.3, -0.25) is 0 Å². The monoisotopic (exact) mass is 304 g/mol. The van der Waals surface area contributed by atoms with Gasteiger partial charge in [0.2, 0.25) is 5.75 Å². The Morgan fingerprint density at radius 2 is 1.82 bits per heavy atom. The van der Waals surface area contributed by atoms with Gasteiger partial charge in [-0.25, -0.2) is 0 Å². The molecule has 2 N–H and O–H groups in total. The minimum Gasteiger partial charge on any atom is -0.504 e. The molecule has 0 amide bonds. The summed E-state index contributed by atoms with van der Waals surface area (Å²) in [6, 6.07) is 9.96. The number of aromatic hydroxyl groups is 2. The van der Waals surface area contributed by atoms with Gasteiger partial charge in [0.15, 0.2) is 17.2 Å². The first-order valence-corrected chi connectivity index (χ1v) is 7.09. The second-order valence-electron chi connectivity index (χ2n) is 5.02. The summed E-state index contributed by atoms with van der Waals surface area (Å²) >= 11 is 0. The summed E-state index contributed by atoms with van der Waals surface area (Å²) in [6.07, 6.45) is 0.966. The van der Waals surface area contributed by atoms with E-state index in [9.17, 15) is 10.2 Å². The van der Waals surface area contributed by atoms with Gasteiger partial charge >= 0.3 is 0 Å². The Labute approximate surface area is 129 Å². The molecule has 22 heavy (non-hydrogen) atoms. The zero-order valence-electron chi connectivity index (χ0n) is 12.9. The van der Waals surface area contributed by atoms with Crippen molar-refractivity contribution in [2.75, 3.05) is 7.11 Å². The number of ether oxygens (including phenoxy) is 1. The third kappa shape index (κ3) is 3.62. The highest BCUT2D eigenvalue weighted by molar-refractivity contribution is 5.51. The van der Waals surface area contributed by atoms with Gasteiger partial charge in [0, 0.05) is 6.07 Å². The molecule has 0 aliphatic rings. The number of phenolic OH excluding ortho intramolecular Hbond substituents is 2. The molecule has 2 rings (SSSR count). The molecule has 0 radical (unpaired) electrons. The smallest absolute Gasteiger partial charge is 0.201 e. The predicted molar refractivity (Wildman–Crippen MR) is 82.6 cm³/mol. The van der Waals surface area contributed by atoms with Gasteiger partial charge in [0.1, 0.15) is 5.75 Å². The van der Waals surface area contributed by atoms with Crippen molar-refractivity contribution in [3.8, 4) is 28.7 Å². The summed E-state index contributed by atoms with van der Waals surface area (Å²) in [6.45, 7) is 4.19.